The van der Waals surface area contributed by atoms with Crippen molar-refractivity contribution in [3.63, 3.8) is 0 Å². The number of nitrogens with one attached hydrogen (secondary N) is 1. The molecule has 2 rings (SSSR count). The molecule has 96 valence electrons. The zero-order chi connectivity index (χ0) is 13.8. The summed E-state index contributed by atoms with van der Waals surface area (Å²) >= 11 is 7.25. The number of aromatic nitrogens is 2. The van der Waals surface area contributed by atoms with Crippen molar-refractivity contribution in [1.82, 2.24) is 9.97 Å². The van der Waals surface area contributed by atoms with Gasteiger partial charge >= 0.3 is 0 Å². The van der Waals surface area contributed by atoms with E-state index in [-0.39, 0.29) is 5.56 Å². The summed E-state index contributed by atoms with van der Waals surface area (Å²) in [4.78, 5) is 18.8. The maximum atomic E-state index is 11.8. The molecular weight excluding hydrogens is 282 g/mol. The zero-order valence-electron chi connectivity index (χ0n) is 10.1. The first-order valence-electron chi connectivity index (χ1n) is 5.59. The number of nitriles is 1. The SMILES string of the molecule is CCSc1nc(-c2ccc(Cl)cc2)c(C#N)c(=O)[nH]1. The van der Waals surface area contributed by atoms with Gasteiger partial charge in [-0.15, -0.1) is 0 Å². The van der Waals surface area contributed by atoms with Crippen LogP contribution in [-0.2, 0) is 0 Å². The Kier molecular flexibility index (Phi) is 4.25. The number of H-pyrrole nitrogens is 1. The molecule has 6 heteroatoms. The average molecular weight is 292 g/mol. The molecule has 0 radical (unpaired) electrons. The van der Waals surface area contributed by atoms with Crippen LogP contribution in [0, 0.1) is 11.3 Å². The maximum Gasteiger partial charge on any atom is 0.270 e. The van der Waals surface area contributed by atoms with E-state index < -0.39 is 5.56 Å². The van der Waals surface area contributed by atoms with E-state index in [0.29, 0.717) is 21.4 Å². The molecule has 0 saturated heterocycles. The van der Waals surface area contributed by atoms with Crippen LogP contribution in [0.2, 0.25) is 5.02 Å². The third kappa shape index (κ3) is 2.98. The summed E-state index contributed by atoms with van der Waals surface area (Å²) in [5.41, 5.74) is 0.685. The van der Waals surface area contributed by atoms with Gasteiger partial charge in [0.15, 0.2) is 5.16 Å². The van der Waals surface area contributed by atoms with E-state index in [0.717, 1.165) is 5.75 Å². The molecular formula is C13H10ClN3OS. The number of aromatic amines is 1. The first-order chi connectivity index (χ1) is 9.15. The van der Waals surface area contributed by atoms with Gasteiger partial charge in [-0.1, -0.05) is 42.4 Å². The van der Waals surface area contributed by atoms with E-state index in [1.165, 1.54) is 11.8 Å². The van der Waals surface area contributed by atoms with Gasteiger partial charge in [0.2, 0.25) is 0 Å². The second-order valence-electron chi connectivity index (χ2n) is 3.65. The molecule has 0 amide bonds. The molecule has 4 nitrogen and oxygen atoms in total. The summed E-state index contributed by atoms with van der Waals surface area (Å²) < 4.78 is 0. The van der Waals surface area contributed by atoms with Crippen LogP contribution in [-0.4, -0.2) is 15.7 Å². The molecule has 2 aromatic rings. The summed E-state index contributed by atoms with van der Waals surface area (Å²) in [7, 11) is 0. The van der Waals surface area contributed by atoms with Gasteiger partial charge in [-0.3, -0.25) is 4.79 Å². The van der Waals surface area contributed by atoms with Crippen molar-refractivity contribution in [2.24, 2.45) is 0 Å². The van der Waals surface area contributed by atoms with Crippen LogP contribution in [0.1, 0.15) is 12.5 Å². The Balaban J connectivity index is 2.63. The van der Waals surface area contributed by atoms with Crippen LogP contribution in [0.5, 0.6) is 0 Å². The van der Waals surface area contributed by atoms with Gasteiger partial charge < -0.3 is 4.98 Å². The van der Waals surface area contributed by atoms with Crippen molar-refractivity contribution >= 4 is 23.4 Å². The lowest BCUT2D eigenvalue weighted by molar-refractivity contribution is 0.935. The molecule has 0 aliphatic carbocycles. The number of hydrogen-bond donors (Lipinski definition) is 1. The van der Waals surface area contributed by atoms with E-state index in [1.807, 2.05) is 13.0 Å². The molecule has 0 aliphatic heterocycles. The first-order valence-corrected chi connectivity index (χ1v) is 6.95. The number of hydrogen-bond acceptors (Lipinski definition) is 4. The summed E-state index contributed by atoms with van der Waals surface area (Å²) in [6, 6.07) is 8.78. The molecule has 1 aromatic heterocycles. The molecule has 1 aromatic carbocycles. The Hall–Kier alpha value is -1.77. The number of benzene rings is 1. The monoisotopic (exact) mass is 291 g/mol. The summed E-state index contributed by atoms with van der Waals surface area (Å²) in [6.07, 6.45) is 0. The fourth-order valence-electron chi connectivity index (χ4n) is 1.58. The normalized spacial score (nSPS) is 10.2. The van der Waals surface area contributed by atoms with Crippen molar-refractivity contribution in [2.45, 2.75) is 12.1 Å². The molecule has 0 spiro atoms. The van der Waals surface area contributed by atoms with Gasteiger partial charge in [0.05, 0.1) is 5.69 Å². The van der Waals surface area contributed by atoms with Crippen LogP contribution in [0.15, 0.2) is 34.2 Å². The minimum absolute atomic E-state index is 0.0165. The molecule has 0 aliphatic rings. The lowest BCUT2D eigenvalue weighted by Gasteiger charge is -2.05. The van der Waals surface area contributed by atoms with Crippen molar-refractivity contribution in [3.8, 4) is 17.3 Å². The second-order valence-corrected chi connectivity index (χ2v) is 5.34. The first kappa shape index (κ1) is 13.7. The maximum absolute atomic E-state index is 11.8. The van der Waals surface area contributed by atoms with E-state index in [1.54, 1.807) is 24.3 Å². The average Bonchev–Trinajstić information content (AvgIpc) is 2.39. The third-order valence-corrected chi connectivity index (χ3v) is 3.42. The number of thioether (sulfide) groups is 1. The molecule has 0 bridgehead atoms. The smallest absolute Gasteiger partial charge is 0.270 e. The van der Waals surface area contributed by atoms with Crippen LogP contribution in [0.4, 0.5) is 0 Å². The highest BCUT2D eigenvalue weighted by molar-refractivity contribution is 7.99. The lowest BCUT2D eigenvalue weighted by atomic mass is 10.1. The molecule has 0 unspecified atom stereocenters. The molecule has 0 atom stereocenters. The van der Waals surface area contributed by atoms with Gasteiger partial charge in [0.1, 0.15) is 11.6 Å². The Morgan fingerprint density at radius 3 is 2.68 bits per heavy atom. The Labute approximate surface area is 119 Å². The minimum atomic E-state index is -0.418. The van der Waals surface area contributed by atoms with Crippen molar-refractivity contribution in [2.75, 3.05) is 5.75 Å². The van der Waals surface area contributed by atoms with Gasteiger partial charge in [-0.2, -0.15) is 5.26 Å². The summed E-state index contributed by atoms with van der Waals surface area (Å²) in [5.74, 6) is 0.787. The van der Waals surface area contributed by atoms with Gasteiger partial charge in [-0.25, -0.2) is 4.98 Å². The summed E-state index contributed by atoms with van der Waals surface area (Å²) in [5, 5.41) is 10.2. The molecule has 0 saturated carbocycles. The highest BCUT2D eigenvalue weighted by Gasteiger charge is 2.13. The molecule has 19 heavy (non-hydrogen) atoms. The van der Waals surface area contributed by atoms with Gasteiger partial charge in [0, 0.05) is 10.6 Å². The van der Waals surface area contributed by atoms with E-state index in [9.17, 15) is 4.79 Å². The molecule has 1 N–H and O–H groups in total. The topological polar surface area (TPSA) is 69.5 Å². The second kappa shape index (κ2) is 5.91. The highest BCUT2D eigenvalue weighted by atomic mass is 35.5. The zero-order valence-corrected chi connectivity index (χ0v) is 11.7. The lowest BCUT2D eigenvalue weighted by Crippen LogP contribution is -2.14. The number of rotatable bonds is 3. The highest BCUT2D eigenvalue weighted by Crippen LogP contribution is 2.23. The standard InChI is InChI=1S/C13H10ClN3OS/c1-2-19-13-16-11(10(7-15)12(18)17-13)8-3-5-9(14)6-4-8/h3-6H,2H2,1H3,(H,16,17,18). The van der Waals surface area contributed by atoms with Crippen LogP contribution in [0.3, 0.4) is 0 Å². The fourth-order valence-corrected chi connectivity index (χ4v) is 2.30. The summed E-state index contributed by atoms with van der Waals surface area (Å²) in [6.45, 7) is 1.96. The van der Waals surface area contributed by atoms with Gasteiger partial charge in [0.25, 0.3) is 5.56 Å². The van der Waals surface area contributed by atoms with Crippen LogP contribution in [0.25, 0.3) is 11.3 Å². The minimum Gasteiger partial charge on any atom is -0.300 e. The van der Waals surface area contributed by atoms with Crippen LogP contribution < -0.4 is 5.56 Å². The Morgan fingerprint density at radius 1 is 1.42 bits per heavy atom. The van der Waals surface area contributed by atoms with Crippen molar-refractivity contribution < 1.29 is 0 Å². The van der Waals surface area contributed by atoms with Crippen LogP contribution >= 0.6 is 23.4 Å². The predicted octanol–water partition coefficient (Wildman–Crippen LogP) is 3.07. The van der Waals surface area contributed by atoms with Crippen molar-refractivity contribution in [1.29, 1.82) is 5.26 Å². The fraction of sp³-hybridized carbons (Fsp3) is 0.154. The van der Waals surface area contributed by atoms with E-state index >= 15 is 0 Å². The van der Waals surface area contributed by atoms with Gasteiger partial charge in [-0.05, 0) is 17.9 Å². The largest absolute Gasteiger partial charge is 0.300 e. The molecule has 0 fully saturated rings. The van der Waals surface area contributed by atoms with Crippen molar-refractivity contribution in [3.05, 3.63) is 45.2 Å². The van der Waals surface area contributed by atoms with E-state index in [4.69, 9.17) is 16.9 Å². The Morgan fingerprint density at radius 2 is 2.11 bits per heavy atom. The molecule has 1 heterocycles. The number of halogens is 1. The van der Waals surface area contributed by atoms with E-state index in [2.05, 4.69) is 9.97 Å². The Bertz CT molecular complexity index is 689. The predicted molar refractivity (Wildman–Crippen MR) is 76.4 cm³/mol. The quantitative estimate of drug-likeness (QED) is 0.697. The number of nitrogens with zero attached hydrogens (tertiary/aromatic N) is 2. The third-order valence-electron chi connectivity index (χ3n) is 2.41.